The summed E-state index contributed by atoms with van der Waals surface area (Å²) in [5.41, 5.74) is 0. The maximum atomic E-state index is 2.18. The zero-order valence-corrected chi connectivity index (χ0v) is 7.56. The van der Waals surface area contributed by atoms with E-state index in [2.05, 4.69) is 40.7 Å². The molecule has 0 aromatic rings. The van der Waals surface area contributed by atoms with Gasteiger partial charge in [-0.15, -0.1) is 0 Å². The van der Waals surface area contributed by atoms with E-state index in [0.29, 0.717) is 0 Å². The average molecular weight is 381 g/mol. The first kappa shape index (κ1) is 9.71. The van der Waals surface area contributed by atoms with Crippen LogP contribution in [0.2, 0.25) is 0 Å². The number of rotatable bonds is 0. The van der Waals surface area contributed by atoms with E-state index in [1.165, 1.54) is 0 Å². The van der Waals surface area contributed by atoms with Gasteiger partial charge in [-0.2, -0.15) is 0 Å². The molecular weight excluding hydrogens is 381 g/mol. The normalized spacial score (nSPS) is 5.50. The van der Waals surface area contributed by atoms with Gasteiger partial charge in [0, 0.05) is 17.1 Å². The molecule has 0 unspecified atom stereocenters. The molecule has 0 N–H and O–H groups in total. The summed E-state index contributed by atoms with van der Waals surface area (Å²) in [6, 6.07) is 0. The van der Waals surface area contributed by atoms with Gasteiger partial charge in [0.05, 0.1) is 0 Å². The summed E-state index contributed by atoms with van der Waals surface area (Å²) < 4.78 is 0. The second-order valence-corrected chi connectivity index (χ2v) is 7.99. The van der Waals surface area contributed by atoms with Crippen molar-refractivity contribution in [2.24, 2.45) is 0 Å². The molecule has 0 heterocycles. The summed E-state index contributed by atoms with van der Waals surface area (Å²) in [7, 11) is 1.75. The van der Waals surface area contributed by atoms with Gasteiger partial charge in [-0.1, -0.05) is 0 Å². The molecule has 4 heteroatoms. The molecule has 0 aliphatic carbocycles. The summed E-state index contributed by atoms with van der Waals surface area (Å²) in [6.45, 7) is 0. The van der Waals surface area contributed by atoms with E-state index in [9.17, 15) is 0 Å². The van der Waals surface area contributed by atoms with Crippen molar-refractivity contribution in [2.45, 2.75) is 0 Å². The summed E-state index contributed by atoms with van der Waals surface area (Å²) in [4.78, 5) is 0. The van der Waals surface area contributed by atoms with E-state index in [-0.39, 0.29) is 17.1 Å². The third kappa shape index (κ3) is 8.82. The predicted molar refractivity (Wildman–Crippen MR) is 28.0 cm³/mol. The predicted octanol–water partition coefficient (Wildman–Crippen LogP) is 1.77. The quantitative estimate of drug-likeness (QED) is 0.444. The van der Waals surface area contributed by atoms with Crippen molar-refractivity contribution in [3.63, 3.8) is 0 Å². The molecule has 0 aromatic carbocycles. The molecule has 36 valence electrons. The van der Waals surface area contributed by atoms with Gasteiger partial charge in [-0.05, 0) is 0 Å². The molecular formula is Cu2I2. The third-order valence-electron chi connectivity index (χ3n) is 0. The first-order valence-corrected chi connectivity index (χ1v) is 6.30. The van der Waals surface area contributed by atoms with Crippen molar-refractivity contribution < 1.29 is 25.5 Å². The van der Waals surface area contributed by atoms with Gasteiger partial charge in [-0.3, -0.25) is 0 Å². The van der Waals surface area contributed by atoms with E-state index in [1.807, 2.05) is 0 Å². The van der Waals surface area contributed by atoms with Crippen LogP contribution in [0.25, 0.3) is 0 Å². The van der Waals surface area contributed by atoms with E-state index < -0.39 is 0 Å². The fourth-order valence-electron chi connectivity index (χ4n) is 0. The van der Waals surface area contributed by atoms with Crippen LogP contribution in [0.15, 0.2) is 0 Å². The Morgan fingerprint density at radius 1 is 1.25 bits per heavy atom. The first-order chi connectivity index (χ1) is 1.41. The van der Waals surface area contributed by atoms with Crippen LogP contribution in [-0.2, 0) is 25.5 Å². The fourth-order valence-corrected chi connectivity index (χ4v) is 0. The monoisotopic (exact) mass is 380 g/mol. The second-order valence-electron chi connectivity index (χ2n) is 0.0431. The Hall–Kier alpha value is 2.50. The van der Waals surface area contributed by atoms with Crippen molar-refractivity contribution in [2.75, 3.05) is 0 Å². The fraction of sp³-hybridized carbons (Fsp3) is 0. The molecule has 0 amide bonds. The van der Waals surface area contributed by atoms with Gasteiger partial charge in [0.1, 0.15) is 0 Å². The van der Waals surface area contributed by atoms with Crippen LogP contribution >= 0.6 is 40.7 Å². The van der Waals surface area contributed by atoms with Crippen LogP contribution in [0.4, 0.5) is 0 Å². The van der Waals surface area contributed by atoms with Crippen molar-refractivity contribution >= 4 is 40.7 Å². The molecule has 0 saturated heterocycles. The first-order valence-electron chi connectivity index (χ1n) is 0.228. The Balaban J connectivity index is 0. The molecule has 0 nitrogen and oxygen atoms in total. The molecule has 0 spiro atoms. The maximum absolute atomic E-state index is 2.18. The van der Waals surface area contributed by atoms with Crippen LogP contribution in [0.5, 0.6) is 0 Å². The molecule has 0 aromatic heterocycles. The molecule has 1 radical (unpaired) electrons. The number of hydrogen-bond donors (Lipinski definition) is 0. The topological polar surface area (TPSA) is 0 Å². The number of halogens is 2. The zero-order chi connectivity index (χ0) is 2.71. The minimum atomic E-state index is 0. The van der Waals surface area contributed by atoms with Gasteiger partial charge >= 0.3 is 49.1 Å². The summed E-state index contributed by atoms with van der Waals surface area (Å²) in [5.74, 6) is 0. The Labute approximate surface area is 65.0 Å². The molecule has 4 heavy (non-hydrogen) atoms. The van der Waals surface area contributed by atoms with Crippen molar-refractivity contribution in [1.82, 2.24) is 0 Å². The zero-order valence-electron chi connectivity index (χ0n) is 1.36. The van der Waals surface area contributed by atoms with E-state index in [4.69, 9.17) is 0 Å². The molecule has 0 aliphatic heterocycles. The Kier molecular flexibility index (Phi) is 22.1. The van der Waals surface area contributed by atoms with Crippen molar-refractivity contribution in [3.8, 4) is 0 Å². The van der Waals surface area contributed by atoms with E-state index in [1.54, 1.807) is 8.46 Å². The van der Waals surface area contributed by atoms with Crippen LogP contribution in [-0.4, -0.2) is 0 Å². The molecule has 0 bridgehead atoms. The van der Waals surface area contributed by atoms with E-state index >= 15 is 0 Å². The van der Waals surface area contributed by atoms with Crippen LogP contribution in [0, 0.1) is 0 Å². The van der Waals surface area contributed by atoms with Crippen LogP contribution in [0.1, 0.15) is 0 Å². The molecule has 0 fully saturated rings. The van der Waals surface area contributed by atoms with Gasteiger partial charge in [-0.25, -0.2) is 0 Å². The minimum absolute atomic E-state index is 0. The third-order valence-corrected chi connectivity index (χ3v) is 0. The summed E-state index contributed by atoms with van der Waals surface area (Å²) >= 11 is 4.36. The number of hydrogen-bond acceptors (Lipinski definition) is 0. The standard InChI is InChI=1S/2Cu.2HI/h;;2*1H/q;+2;;/p-2. The van der Waals surface area contributed by atoms with Crippen LogP contribution in [0.3, 0.4) is 0 Å². The van der Waals surface area contributed by atoms with Crippen molar-refractivity contribution in [1.29, 1.82) is 0 Å². The van der Waals surface area contributed by atoms with Gasteiger partial charge in [0.25, 0.3) is 0 Å². The second kappa shape index (κ2) is 9.09. The van der Waals surface area contributed by atoms with Gasteiger partial charge in [0.15, 0.2) is 0 Å². The Morgan fingerprint density at radius 3 is 1.25 bits per heavy atom. The average Bonchev–Trinajstić information content (AvgIpc) is 0.918. The Bertz CT molecular complexity index is 4.00. The molecule has 0 rings (SSSR count). The summed E-state index contributed by atoms with van der Waals surface area (Å²) in [6.07, 6.45) is 0. The summed E-state index contributed by atoms with van der Waals surface area (Å²) in [5, 5.41) is 0. The van der Waals surface area contributed by atoms with Gasteiger partial charge < -0.3 is 0 Å². The van der Waals surface area contributed by atoms with E-state index in [0.717, 1.165) is 0 Å². The Morgan fingerprint density at radius 2 is 1.25 bits per heavy atom. The van der Waals surface area contributed by atoms with Gasteiger partial charge in [0.2, 0.25) is 0 Å². The van der Waals surface area contributed by atoms with Crippen LogP contribution < -0.4 is 0 Å². The molecule has 0 atom stereocenters. The van der Waals surface area contributed by atoms with Crippen molar-refractivity contribution in [3.05, 3.63) is 0 Å². The molecule has 0 saturated carbocycles. The SMILES string of the molecule is [Cu].[I][Cu][I]. The molecule has 0 aliphatic rings.